The Bertz CT molecular complexity index is 1090. The number of aryl methyl sites for hydroxylation is 1. The average Bonchev–Trinajstić information content (AvgIpc) is 2.84. The van der Waals surface area contributed by atoms with Gasteiger partial charge in [-0.2, -0.15) is 0 Å². The third-order valence-electron chi connectivity index (χ3n) is 8.51. The minimum Gasteiger partial charge on any atom is -0.508 e. The number of amides is 1. The number of carbonyl (C=O) groups is 2. The smallest absolute Gasteiger partial charge is 0.303 e. The van der Waals surface area contributed by atoms with Crippen LogP contribution in [0.25, 0.3) is 0 Å². The molecule has 2 N–H and O–H groups in total. The molecule has 6 heteroatoms. The van der Waals surface area contributed by atoms with Crippen molar-refractivity contribution in [1.29, 1.82) is 0 Å². The summed E-state index contributed by atoms with van der Waals surface area (Å²) >= 11 is 0. The van der Waals surface area contributed by atoms with Gasteiger partial charge in [-0.3, -0.25) is 9.59 Å². The van der Waals surface area contributed by atoms with Gasteiger partial charge in [-0.1, -0.05) is 48.9 Å². The zero-order chi connectivity index (χ0) is 26.5. The number of aromatic hydroxyl groups is 1. The number of esters is 1. The number of likely N-dealkylation sites (N-methyl/N-ethyl adjacent to an activating group) is 1. The Morgan fingerprint density at radius 1 is 1.05 bits per heavy atom. The van der Waals surface area contributed by atoms with E-state index < -0.39 is 11.0 Å². The lowest BCUT2D eigenvalue weighted by Gasteiger charge is -2.60. The molecule has 2 fully saturated rings. The van der Waals surface area contributed by atoms with Crippen LogP contribution in [-0.2, 0) is 26.2 Å². The quantitative estimate of drug-likeness (QED) is 0.288. The van der Waals surface area contributed by atoms with Gasteiger partial charge in [0.25, 0.3) is 0 Å². The number of likely N-dealkylation sites (tertiary alicyclic amines) is 1. The highest BCUT2D eigenvalue weighted by atomic mass is 16.6. The normalized spacial score (nSPS) is 26.6. The maximum absolute atomic E-state index is 12.9. The summed E-state index contributed by atoms with van der Waals surface area (Å²) in [5, 5.41) is 13.7. The molecule has 1 amide bonds. The van der Waals surface area contributed by atoms with E-state index in [1.165, 1.54) is 12.5 Å². The van der Waals surface area contributed by atoms with Crippen molar-refractivity contribution in [2.75, 3.05) is 27.2 Å². The number of rotatable bonds is 9. The van der Waals surface area contributed by atoms with Gasteiger partial charge in [-0.25, -0.2) is 0 Å². The van der Waals surface area contributed by atoms with Crippen molar-refractivity contribution in [3.8, 4) is 5.75 Å². The predicted octanol–water partition coefficient (Wildman–Crippen LogP) is 4.88. The van der Waals surface area contributed by atoms with Crippen LogP contribution in [0, 0.1) is 0 Å². The second-order valence-corrected chi connectivity index (χ2v) is 11.8. The Balaban J connectivity index is 1.44. The Kier molecular flexibility index (Phi) is 8.27. The third kappa shape index (κ3) is 6.35. The number of phenols is 1. The molecule has 1 saturated heterocycles. The number of benzene rings is 2. The molecule has 0 unspecified atom stereocenters. The van der Waals surface area contributed by atoms with Gasteiger partial charge in [0.15, 0.2) is 5.60 Å². The Labute approximate surface area is 221 Å². The maximum Gasteiger partial charge on any atom is 0.303 e. The summed E-state index contributed by atoms with van der Waals surface area (Å²) in [7, 11) is 4.37. The van der Waals surface area contributed by atoms with Gasteiger partial charge in [0, 0.05) is 31.2 Å². The molecule has 200 valence electrons. The molecule has 0 bridgehead atoms. The lowest BCUT2D eigenvalue weighted by Crippen LogP contribution is -2.71. The lowest BCUT2D eigenvalue weighted by molar-refractivity contribution is -0.904. The summed E-state index contributed by atoms with van der Waals surface area (Å²) in [5.41, 5.74) is 1.20. The van der Waals surface area contributed by atoms with E-state index in [0.29, 0.717) is 25.8 Å². The van der Waals surface area contributed by atoms with E-state index in [9.17, 15) is 14.7 Å². The largest absolute Gasteiger partial charge is 0.508 e. The van der Waals surface area contributed by atoms with Gasteiger partial charge < -0.3 is 19.6 Å². The van der Waals surface area contributed by atoms with Crippen LogP contribution in [0.15, 0.2) is 54.6 Å². The third-order valence-corrected chi connectivity index (χ3v) is 8.51. The molecule has 4 rings (SSSR count). The second kappa shape index (κ2) is 11.3. The SMILES string of the molecule is CC(=O)O[C@]12CC[C@@H](NC(=O)CCCCCc3ccccc3)C[C@]1(c1cccc(O)c1)CC[N+](C)(C)C2. The van der Waals surface area contributed by atoms with Crippen molar-refractivity contribution >= 4 is 11.9 Å². The minimum atomic E-state index is -0.674. The van der Waals surface area contributed by atoms with Crippen molar-refractivity contribution in [3.05, 3.63) is 65.7 Å². The van der Waals surface area contributed by atoms with Crippen LogP contribution in [0.5, 0.6) is 5.75 Å². The van der Waals surface area contributed by atoms with Crippen LogP contribution in [0.4, 0.5) is 0 Å². The minimum absolute atomic E-state index is 0.0107. The molecule has 3 atom stereocenters. The monoisotopic (exact) mass is 507 g/mol. The first-order chi connectivity index (χ1) is 17.6. The molecule has 2 aromatic carbocycles. The predicted molar refractivity (Wildman–Crippen MR) is 145 cm³/mol. The summed E-state index contributed by atoms with van der Waals surface area (Å²) in [5.74, 6) is 0.0386. The first-order valence-corrected chi connectivity index (χ1v) is 13.8. The summed E-state index contributed by atoms with van der Waals surface area (Å²) in [6.07, 6.45) is 7.55. The average molecular weight is 508 g/mol. The molecular formula is C31H43N2O4+. The van der Waals surface area contributed by atoms with Crippen LogP contribution in [0.2, 0.25) is 0 Å². The Hall–Kier alpha value is -2.86. The molecule has 1 saturated carbocycles. The molecule has 1 aliphatic heterocycles. The first kappa shape index (κ1) is 27.2. The van der Waals surface area contributed by atoms with E-state index in [1.54, 1.807) is 6.07 Å². The summed E-state index contributed by atoms with van der Waals surface area (Å²) in [6.45, 7) is 3.13. The number of quaternary nitrogens is 1. The van der Waals surface area contributed by atoms with Crippen molar-refractivity contribution in [3.63, 3.8) is 0 Å². The number of piperidine rings is 1. The van der Waals surface area contributed by atoms with Gasteiger partial charge in [0.2, 0.25) is 5.91 Å². The van der Waals surface area contributed by atoms with Gasteiger partial charge in [-0.15, -0.1) is 0 Å². The zero-order valence-corrected chi connectivity index (χ0v) is 22.7. The standard InChI is InChI=1S/C31H42N2O4/c1-24(34)37-31-18-17-27(32-29(36)16-9-5-8-13-25-11-6-4-7-12-25)22-30(31,19-20-33(2,3)23-31)26-14-10-15-28(35)21-26/h4,6-7,10-12,14-15,21,27H,5,8-9,13,16-20,22-23H2,1-3H3,(H-,32,35,36)/p+1/t27-,30+,31+/m1/s1. The van der Waals surface area contributed by atoms with Gasteiger partial charge in [-0.05, 0) is 61.8 Å². The number of unbranched alkanes of at least 4 members (excludes halogenated alkanes) is 2. The fourth-order valence-corrected chi connectivity index (χ4v) is 6.82. The van der Waals surface area contributed by atoms with Crippen molar-refractivity contribution < 1.29 is 23.9 Å². The van der Waals surface area contributed by atoms with Crippen LogP contribution in [0.1, 0.15) is 69.4 Å². The molecule has 0 aromatic heterocycles. The molecule has 2 aliphatic rings. The molecule has 1 aliphatic carbocycles. The molecule has 6 nitrogen and oxygen atoms in total. The topological polar surface area (TPSA) is 75.6 Å². The maximum atomic E-state index is 12.9. The highest BCUT2D eigenvalue weighted by Crippen LogP contribution is 2.54. The van der Waals surface area contributed by atoms with Crippen LogP contribution in [-0.4, -0.2) is 60.3 Å². The number of nitrogens with one attached hydrogen (secondary N) is 1. The van der Waals surface area contributed by atoms with Gasteiger partial charge in [0.05, 0.1) is 20.6 Å². The number of ether oxygens (including phenoxy) is 1. The molecular weight excluding hydrogens is 464 g/mol. The van der Waals surface area contributed by atoms with Crippen molar-refractivity contribution in [2.24, 2.45) is 0 Å². The Morgan fingerprint density at radius 2 is 1.84 bits per heavy atom. The van der Waals surface area contributed by atoms with Crippen LogP contribution >= 0.6 is 0 Å². The number of carbonyl (C=O) groups excluding carboxylic acids is 2. The van der Waals surface area contributed by atoms with E-state index in [2.05, 4.69) is 43.7 Å². The van der Waals surface area contributed by atoms with Crippen LogP contribution < -0.4 is 5.32 Å². The molecule has 37 heavy (non-hydrogen) atoms. The highest BCUT2D eigenvalue weighted by molar-refractivity contribution is 5.76. The number of hydrogen-bond donors (Lipinski definition) is 2. The van der Waals surface area contributed by atoms with E-state index in [-0.39, 0.29) is 23.7 Å². The highest BCUT2D eigenvalue weighted by Gasteiger charge is 2.64. The van der Waals surface area contributed by atoms with E-state index in [1.807, 2.05) is 24.3 Å². The molecule has 0 radical (unpaired) electrons. The summed E-state index contributed by atoms with van der Waals surface area (Å²) < 4.78 is 7.02. The van der Waals surface area contributed by atoms with Gasteiger partial charge in [0.1, 0.15) is 12.3 Å². The van der Waals surface area contributed by atoms with E-state index in [0.717, 1.165) is 55.1 Å². The molecule has 1 heterocycles. The fraction of sp³-hybridized carbons (Fsp3) is 0.548. The lowest BCUT2D eigenvalue weighted by atomic mass is 9.54. The first-order valence-electron chi connectivity index (χ1n) is 13.8. The van der Waals surface area contributed by atoms with Crippen LogP contribution in [0.3, 0.4) is 0 Å². The number of hydrogen-bond acceptors (Lipinski definition) is 4. The number of phenolic OH excluding ortho intramolecular Hbond substituents is 1. The summed E-state index contributed by atoms with van der Waals surface area (Å²) in [6, 6.07) is 17.9. The summed E-state index contributed by atoms with van der Waals surface area (Å²) in [4.78, 5) is 25.3. The van der Waals surface area contributed by atoms with Crippen molar-refractivity contribution in [1.82, 2.24) is 5.32 Å². The Morgan fingerprint density at radius 3 is 2.57 bits per heavy atom. The number of nitrogens with zero attached hydrogens (tertiary/aromatic N) is 1. The van der Waals surface area contributed by atoms with E-state index in [4.69, 9.17) is 4.74 Å². The fourth-order valence-electron chi connectivity index (χ4n) is 6.82. The van der Waals surface area contributed by atoms with E-state index >= 15 is 0 Å². The number of fused-ring (bicyclic) bond motifs is 1. The molecule has 0 spiro atoms. The van der Waals surface area contributed by atoms with Crippen molar-refractivity contribution in [2.45, 2.75) is 81.8 Å². The zero-order valence-electron chi connectivity index (χ0n) is 22.7. The molecule has 2 aromatic rings. The second-order valence-electron chi connectivity index (χ2n) is 11.8. The van der Waals surface area contributed by atoms with Gasteiger partial charge >= 0.3 is 5.97 Å².